The van der Waals surface area contributed by atoms with Crippen molar-refractivity contribution in [3.8, 4) is 0 Å². The number of hydrogen-bond donors (Lipinski definition) is 1. The van der Waals surface area contributed by atoms with E-state index in [2.05, 4.69) is 5.32 Å². The molecule has 0 spiro atoms. The summed E-state index contributed by atoms with van der Waals surface area (Å²) in [4.78, 5) is 11.3. The molecular formula is C17H19FN2O3S. The van der Waals surface area contributed by atoms with Crippen LogP contribution in [0.3, 0.4) is 0 Å². The predicted octanol–water partition coefficient (Wildman–Crippen LogP) is 3.23. The third-order valence-electron chi connectivity index (χ3n) is 3.59. The lowest BCUT2D eigenvalue weighted by Gasteiger charge is -2.23. The van der Waals surface area contributed by atoms with Crippen molar-refractivity contribution in [2.24, 2.45) is 0 Å². The number of nitrogens with one attached hydrogen (secondary N) is 1. The molecule has 0 aliphatic carbocycles. The van der Waals surface area contributed by atoms with E-state index in [-0.39, 0.29) is 16.5 Å². The number of para-hydroxylation sites is 1. The van der Waals surface area contributed by atoms with Crippen LogP contribution in [0.4, 0.5) is 15.8 Å². The third-order valence-corrected chi connectivity index (χ3v) is 5.67. The molecule has 0 radical (unpaired) electrons. The maximum absolute atomic E-state index is 13.9. The van der Waals surface area contributed by atoms with Gasteiger partial charge in [-0.05, 0) is 49.2 Å². The van der Waals surface area contributed by atoms with Crippen molar-refractivity contribution in [1.82, 2.24) is 0 Å². The van der Waals surface area contributed by atoms with Crippen LogP contribution >= 0.6 is 0 Å². The number of anilines is 2. The monoisotopic (exact) mass is 350 g/mol. The molecule has 2 aromatic carbocycles. The fraction of sp³-hybridized carbons (Fsp3) is 0.235. The molecule has 1 N–H and O–H groups in total. The van der Waals surface area contributed by atoms with Gasteiger partial charge >= 0.3 is 0 Å². The molecule has 0 aliphatic rings. The summed E-state index contributed by atoms with van der Waals surface area (Å²) in [6.07, 6.45) is 0. The minimum absolute atomic E-state index is 0.0257. The average Bonchev–Trinajstić information content (AvgIpc) is 2.45. The molecule has 2 aromatic rings. The highest BCUT2D eigenvalue weighted by Gasteiger charge is 2.27. The molecule has 0 heterocycles. The lowest BCUT2D eigenvalue weighted by atomic mass is 10.1. The molecule has 0 saturated heterocycles. The van der Waals surface area contributed by atoms with Gasteiger partial charge in [-0.1, -0.05) is 12.1 Å². The maximum Gasteiger partial charge on any atom is 0.264 e. The van der Waals surface area contributed by atoms with Crippen molar-refractivity contribution in [2.45, 2.75) is 25.7 Å². The summed E-state index contributed by atoms with van der Waals surface area (Å²) in [5.41, 5.74) is 1.44. The van der Waals surface area contributed by atoms with Gasteiger partial charge in [-0.2, -0.15) is 0 Å². The van der Waals surface area contributed by atoms with Gasteiger partial charge in [-0.25, -0.2) is 12.8 Å². The van der Waals surface area contributed by atoms with E-state index in [1.807, 2.05) is 0 Å². The van der Waals surface area contributed by atoms with Crippen molar-refractivity contribution < 1.29 is 17.6 Å². The van der Waals surface area contributed by atoms with E-state index in [9.17, 15) is 17.6 Å². The first-order valence-electron chi connectivity index (χ1n) is 7.27. The molecule has 0 aromatic heterocycles. The fourth-order valence-corrected chi connectivity index (χ4v) is 4.22. The second-order valence-corrected chi connectivity index (χ2v) is 7.45. The van der Waals surface area contributed by atoms with E-state index in [1.165, 1.54) is 32.2 Å². The molecule has 5 nitrogen and oxygen atoms in total. The van der Waals surface area contributed by atoms with E-state index in [0.29, 0.717) is 16.8 Å². The number of benzene rings is 2. The summed E-state index contributed by atoms with van der Waals surface area (Å²) in [6.45, 7) is 4.65. The van der Waals surface area contributed by atoms with Gasteiger partial charge in [0.05, 0.1) is 10.6 Å². The zero-order chi connectivity index (χ0) is 18.1. The summed E-state index contributed by atoms with van der Waals surface area (Å²) in [6, 6.07) is 8.85. The Morgan fingerprint density at radius 2 is 1.67 bits per heavy atom. The number of amides is 1. The first kappa shape index (κ1) is 17.9. The molecule has 1 amide bonds. The Morgan fingerprint density at radius 3 is 2.17 bits per heavy atom. The molecular weight excluding hydrogens is 331 g/mol. The number of aryl methyl sites for hydroxylation is 2. The van der Waals surface area contributed by atoms with Crippen LogP contribution in [0.25, 0.3) is 0 Å². The van der Waals surface area contributed by atoms with Crippen LogP contribution in [-0.4, -0.2) is 21.4 Å². The maximum atomic E-state index is 13.9. The smallest absolute Gasteiger partial charge is 0.264 e. The lowest BCUT2D eigenvalue weighted by Crippen LogP contribution is -2.28. The normalized spacial score (nSPS) is 11.2. The first-order chi connectivity index (χ1) is 11.1. The van der Waals surface area contributed by atoms with Gasteiger partial charge in [0.1, 0.15) is 5.82 Å². The van der Waals surface area contributed by atoms with Gasteiger partial charge in [0, 0.05) is 19.7 Å². The van der Waals surface area contributed by atoms with E-state index in [4.69, 9.17) is 0 Å². The van der Waals surface area contributed by atoms with Crippen LogP contribution in [-0.2, 0) is 14.8 Å². The summed E-state index contributed by atoms with van der Waals surface area (Å²) in [7, 11) is -2.63. The van der Waals surface area contributed by atoms with Crippen molar-refractivity contribution in [2.75, 3.05) is 16.7 Å². The van der Waals surface area contributed by atoms with Gasteiger partial charge < -0.3 is 5.32 Å². The minimum Gasteiger partial charge on any atom is -0.326 e. The van der Waals surface area contributed by atoms with Crippen LogP contribution in [0, 0.1) is 19.7 Å². The average molecular weight is 350 g/mol. The second-order valence-electron chi connectivity index (χ2n) is 5.54. The fourth-order valence-electron chi connectivity index (χ4n) is 2.61. The van der Waals surface area contributed by atoms with Gasteiger partial charge in [0.25, 0.3) is 10.0 Å². The highest BCUT2D eigenvalue weighted by molar-refractivity contribution is 7.92. The summed E-state index contributed by atoms with van der Waals surface area (Å²) in [5.74, 6) is -0.860. The molecule has 0 atom stereocenters. The number of rotatable bonds is 4. The Balaban J connectivity index is 2.54. The quantitative estimate of drug-likeness (QED) is 0.921. The highest BCUT2D eigenvalue weighted by Crippen LogP contribution is 2.30. The number of sulfonamides is 1. The molecule has 0 bridgehead atoms. The van der Waals surface area contributed by atoms with Gasteiger partial charge in [0.15, 0.2) is 0 Å². The Morgan fingerprint density at radius 1 is 1.12 bits per heavy atom. The zero-order valence-corrected chi connectivity index (χ0v) is 14.7. The summed E-state index contributed by atoms with van der Waals surface area (Å²) < 4.78 is 40.7. The standard InChI is InChI=1S/C17H19FN2O3S/c1-11-9-14(19-13(3)21)10-12(2)17(11)24(22,23)20(4)16-8-6-5-7-15(16)18/h5-10H,1-4H3,(H,19,21). The molecule has 0 fully saturated rings. The van der Waals surface area contributed by atoms with Gasteiger partial charge in [-0.15, -0.1) is 0 Å². The van der Waals surface area contributed by atoms with E-state index < -0.39 is 15.8 Å². The Hall–Kier alpha value is -2.41. The van der Waals surface area contributed by atoms with Gasteiger partial charge in [0.2, 0.25) is 5.91 Å². The predicted molar refractivity (Wildman–Crippen MR) is 92.2 cm³/mol. The number of carbonyl (C=O) groups is 1. The van der Waals surface area contributed by atoms with Crippen molar-refractivity contribution in [3.63, 3.8) is 0 Å². The van der Waals surface area contributed by atoms with Crippen molar-refractivity contribution in [1.29, 1.82) is 0 Å². The van der Waals surface area contributed by atoms with Crippen LogP contribution in [0.5, 0.6) is 0 Å². The third kappa shape index (κ3) is 3.41. The van der Waals surface area contributed by atoms with Crippen LogP contribution in [0.15, 0.2) is 41.3 Å². The molecule has 0 unspecified atom stereocenters. The second kappa shape index (κ2) is 6.60. The molecule has 0 aliphatic heterocycles. The summed E-state index contributed by atoms with van der Waals surface area (Å²) >= 11 is 0. The zero-order valence-electron chi connectivity index (χ0n) is 13.9. The van der Waals surface area contributed by atoms with Crippen LogP contribution < -0.4 is 9.62 Å². The largest absolute Gasteiger partial charge is 0.326 e. The number of nitrogens with zero attached hydrogens (tertiary/aromatic N) is 1. The topological polar surface area (TPSA) is 66.5 Å². The molecule has 2 rings (SSSR count). The van der Waals surface area contributed by atoms with Crippen LogP contribution in [0.1, 0.15) is 18.1 Å². The number of hydrogen-bond acceptors (Lipinski definition) is 3. The minimum atomic E-state index is -3.94. The van der Waals surface area contributed by atoms with Gasteiger partial charge in [-0.3, -0.25) is 9.10 Å². The Bertz CT molecular complexity index is 871. The molecule has 0 saturated carbocycles. The SMILES string of the molecule is CC(=O)Nc1cc(C)c(S(=O)(=O)N(C)c2ccccc2F)c(C)c1. The molecule has 128 valence electrons. The lowest BCUT2D eigenvalue weighted by molar-refractivity contribution is -0.114. The highest BCUT2D eigenvalue weighted by atomic mass is 32.2. The summed E-state index contributed by atoms with van der Waals surface area (Å²) in [5, 5.41) is 2.63. The number of carbonyl (C=O) groups excluding carboxylic acids is 1. The van der Waals surface area contributed by atoms with Crippen LogP contribution in [0.2, 0.25) is 0 Å². The van der Waals surface area contributed by atoms with E-state index >= 15 is 0 Å². The first-order valence-corrected chi connectivity index (χ1v) is 8.71. The Kier molecular flexibility index (Phi) is 4.94. The molecule has 24 heavy (non-hydrogen) atoms. The number of halogens is 1. The van der Waals surface area contributed by atoms with E-state index in [1.54, 1.807) is 32.0 Å². The molecule has 7 heteroatoms. The van der Waals surface area contributed by atoms with E-state index in [0.717, 1.165) is 4.31 Å². The van der Waals surface area contributed by atoms with Crippen molar-refractivity contribution >= 4 is 27.3 Å². The van der Waals surface area contributed by atoms with Crippen molar-refractivity contribution in [3.05, 3.63) is 53.3 Å². The Labute approximate surface area is 141 Å².